The Bertz CT molecular complexity index is 1160. The molecule has 0 aliphatic heterocycles. The van der Waals surface area contributed by atoms with Gasteiger partial charge in [-0.05, 0) is 48.8 Å². The lowest BCUT2D eigenvalue weighted by Crippen LogP contribution is -2.19. The number of methoxy groups -OCH3 is 1. The molecule has 3 aromatic heterocycles. The molecule has 0 atom stereocenters. The number of benzene rings is 1. The molecule has 30 heavy (non-hydrogen) atoms. The molecule has 0 saturated heterocycles. The van der Waals surface area contributed by atoms with E-state index in [-0.39, 0.29) is 5.97 Å². The number of carbonyl (C=O) groups excluding carboxylic acids is 1. The lowest BCUT2D eigenvalue weighted by atomic mass is 10.1. The van der Waals surface area contributed by atoms with Crippen molar-refractivity contribution in [2.75, 3.05) is 34.4 Å². The Morgan fingerprint density at radius 2 is 1.93 bits per heavy atom. The third-order valence-corrected chi connectivity index (χ3v) is 5.56. The van der Waals surface area contributed by atoms with Gasteiger partial charge in [-0.25, -0.2) is 14.3 Å². The van der Waals surface area contributed by atoms with Gasteiger partial charge in [0.05, 0.1) is 13.3 Å². The monoisotopic (exact) mass is 422 g/mol. The van der Waals surface area contributed by atoms with Crippen molar-refractivity contribution >= 4 is 23.0 Å². The highest BCUT2D eigenvalue weighted by Gasteiger charge is 2.14. The second-order valence-corrected chi connectivity index (χ2v) is 7.95. The summed E-state index contributed by atoms with van der Waals surface area (Å²) >= 11 is 1.34. The number of hydrogen-bond acceptors (Lipinski definition) is 7. The highest BCUT2D eigenvalue weighted by molar-refractivity contribution is 7.12. The van der Waals surface area contributed by atoms with Crippen molar-refractivity contribution in [3.05, 3.63) is 59.2 Å². The van der Waals surface area contributed by atoms with E-state index in [0.29, 0.717) is 11.5 Å². The van der Waals surface area contributed by atoms with Crippen LogP contribution in [0.5, 0.6) is 5.75 Å². The number of ether oxygens (including phenoxy) is 2. The topological polar surface area (TPSA) is 69.0 Å². The molecule has 4 rings (SSSR count). The number of fused-ring (bicyclic) bond motifs is 1. The van der Waals surface area contributed by atoms with Gasteiger partial charge in [0.2, 0.25) is 0 Å². The fourth-order valence-corrected chi connectivity index (χ4v) is 3.83. The average Bonchev–Trinajstić information content (AvgIpc) is 3.40. The molecule has 4 aromatic rings. The first kappa shape index (κ1) is 20.1. The van der Waals surface area contributed by atoms with Crippen LogP contribution in [0.25, 0.3) is 27.9 Å². The molecule has 3 heterocycles. The first-order valence-electron chi connectivity index (χ1n) is 9.44. The highest BCUT2D eigenvalue weighted by atomic mass is 32.1. The first-order valence-corrected chi connectivity index (χ1v) is 10.3. The molecule has 0 aliphatic rings. The van der Waals surface area contributed by atoms with E-state index in [0.717, 1.165) is 40.2 Å². The maximum absolute atomic E-state index is 11.7. The standard InChI is InChI=1S/C22H22N4O3S/c1-25(2)8-9-29-18-6-4-15(5-7-18)17-11-23-21-19(12-24-26(21)13-17)16-10-20(30-14-16)22(27)28-3/h4-7,10-14H,8-9H2,1-3H3. The van der Waals surface area contributed by atoms with E-state index in [4.69, 9.17) is 9.47 Å². The van der Waals surface area contributed by atoms with Gasteiger partial charge in [-0.2, -0.15) is 5.10 Å². The van der Waals surface area contributed by atoms with Gasteiger partial charge in [0.15, 0.2) is 5.65 Å². The second-order valence-electron chi connectivity index (χ2n) is 7.04. The van der Waals surface area contributed by atoms with Gasteiger partial charge in [0, 0.05) is 30.1 Å². The van der Waals surface area contributed by atoms with Crippen LogP contribution in [0.1, 0.15) is 9.67 Å². The molecular formula is C22H22N4O3S. The number of likely N-dealkylation sites (N-methyl/N-ethyl adjacent to an activating group) is 1. The largest absolute Gasteiger partial charge is 0.492 e. The van der Waals surface area contributed by atoms with Crippen molar-refractivity contribution in [2.24, 2.45) is 0 Å². The summed E-state index contributed by atoms with van der Waals surface area (Å²) in [5.74, 6) is 0.502. The molecule has 0 saturated carbocycles. The van der Waals surface area contributed by atoms with Crippen molar-refractivity contribution in [3.8, 4) is 28.0 Å². The molecule has 1 aromatic carbocycles. The number of carbonyl (C=O) groups is 1. The van der Waals surface area contributed by atoms with Gasteiger partial charge in [-0.3, -0.25) is 0 Å². The summed E-state index contributed by atoms with van der Waals surface area (Å²) in [6, 6.07) is 9.75. The van der Waals surface area contributed by atoms with Gasteiger partial charge in [0.1, 0.15) is 17.2 Å². The van der Waals surface area contributed by atoms with Crippen molar-refractivity contribution in [2.45, 2.75) is 0 Å². The van der Waals surface area contributed by atoms with Gasteiger partial charge in [-0.15, -0.1) is 11.3 Å². The zero-order chi connectivity index (χ0) is 21.1. The van der Waals surface area contributed by atoms with Crippen molar-refractivity contribution < 1.29 is 14.3 Å². The van der Waals surface area contributed by atoms with Gasteiger partial charge < -0.3 is 14.4 Å². The summed E-state index contributed by atoms with van der Waals surface area (Å²) in [6.07, 6.45) is 5.54. The maximum Gasteiger partial charge on any atom is 0.348 e. The fourth-order valence-electron chi connectivity index (χ4n) is 3.00. The Labute approximate surface area is 178 Å². The van der Waals surface area contributed by atoms with E-state index < -0.39 is 0 Å². The number of esters is 1. The Morgan fingerprint density at radius 1 is 1.13 bits per heavy atom. The number of nitrogens with zero attached hydrogens (tertiary/aromatic N) is 4. The summed E-state index contributed by atoms with van der Waals surface area (Å²) in [4.78, 5) is 19.0. The molecule has 0 spiro atoms. The van der Waals surface area contributed by atoms with E-state index >= 15 is 0 Å². The van der Waals surface area contributed by atoms with Gasteiger partial charge in [0.25, 0.3) is 0 Å². The Kier molecular flexibility index (Phi) is 5.78. The van der Waals surface area contributed by atoms with E-state index in [1.165, 1.54) is 18.4 Å². The summed E-state index contributed by atoms with van der Waals surface area (Å²) in [6.45, 7) is 1.52. The van der Waals surface area contributed by atoms with Crippen molar-refractivity contribution in [3.63, 3.8) is 0 Å². The normalized spacial score (nSPS) is 11.2. The van der Waals surface area contributed by atoms with E-state index in [2.05, 4.69) is 15.0 Å². The molecule has 8 heteroatoms. The van der Waals surface area contributed by atoms with Crippen LogP contribution < -0.4 is 4.74 Å². The Hall–Kier alpha value is -3.23. The predicted molar refractivity (Wildman–Crippen MR) is 117 cm³/mol. The quantitative estimate of drug-likeness (QED) is 0.422. The number of thiophene rings is 1. The van der Waals surface area contributed by atoms with Gasteiger partial charge in [-0.1, -0.05) is 12.1 Å². The number of aromatic nitrogens is 3. The van der Waals surface area contributed by atoms with Crippen molar-refractivity contribution in [1.29, 1.82) is 0 Å². The van der Waals surface area contributed by atoms with Crippen molar-refractivity contribution in [1.82, 2.24) is 19.5 Å². The molecular weight excluding hydrogens is 400 g/mol. The third-order valence-electron chi connectivity index (χ3n) is 4.65. The third kappa shape index (κ3) is 4.19. The van der Waals surface area contributed by atoms with Crippen LogP contribution in [-0.4, -0.2) is 59.8 Å². The van der Waals surface area contributed by atoms with Crippen LogP contribution in [0.4, 0.5) is 0 Å². The second kappa shape index (κ2) is 8.64. The average molecular weight is 423 g/mol. The zero-order valence-electron chi connectivity index (χ0n) is 17.0. The molecule has 154 valence electrons. The highest BCUT2D eigenvalue weighted by Crippen LogP contribution is 2.30. The minimum Gasteiger partial charge on any atom is -0.492 e. The smallest absolute Gasteiger partial charge is 0.348 e. The van der Waals surface area contributed by atoms with Crippen LogP contribution in [0.3, 0.4) is 0 Å². The van der Waals surface area contributed by atoms with E-state index in [1.54, 1.807) is 16.8 Å². The maximum atomic E-state index is 11.7. The molecule has 0 amide bonds. The van der Waals surface area contributed by atoms with E-state index in [9.17, 15) is 4.79 Å². The van der Waals surface area contributed by atoms with Gasteiger partial charge >= 0.3 is 5.97 Å². The summed E-state index contributed by atoms with van der Waals surface area (Å²) in [7, 11) is 5.42. The first-order chi connectivity index (χ1) is 14.5. The van der Waals surface area contributed by atoms with Crippen LogP contribution in [0.15, 0.2) is 54.3 Å². The minimum atomic E-state index is -0.341. The van der Waals surface area contributed by atoms with Crippen LogP contribution in [0.2, 0.25) is 0 Å². The Morgan fingerprint density at radius 3 is 2.67 bits per heavy atom. The summed E-state index contributed by atoms with van der Waals surface area (Å²) in [5, 5.41) is 6.35. The molecule has 0 unspecified atom stereocenters. The predicted octanol–water partition coefficient (Wildman–Crippen LogP) is 3.85. The number of rotatable bonds is 7. The zero-order valence-corrected chi connectivity index (χ0v) is 17.8. The fraction of sp³-hybridized carbons (Fsp3) is 0.227. The van der Waals surface area contributed by atoms with E-state index in [1.807, 2.05) is 56.1 Å². The van der Waals surface area contributed by atoms with Crippen LogP contribution in [0, 0.1) is 0 Å². The summed E-state index contributed by atoms with van der Waals surface area (Å²) < 4.78 is 12.3. The molecule has 0 N–H and O–H groups in total. The molecule has 0 radical (unpaired) electrons. The summed E-state index contributed by atoms with van der Waals surface area (Å²) in [5.41, 5.74) is 4.49. The Balaban J connectivity index is 1.55. The molecule has 7 nitrogen and oxygen atoms in total. The number of hydrogen-bond donors (Lipinski definition) is 0. The lowest BCUT2D eigenvalue weighted by Gasteiger charge is -2.11. The van der Waals surface area contributed by atoms with Crippen LogP contribution >= 0.6 is 11.3 Å². The lowest BCUT2D eigenvalue weighted by molar-refractivity contribution is 0.0606. The SMILES string of the molecule is COC(=O)c1cc(-c2cnn3cc(-c4ccc(OCCN(C)C)cc4)cnc23)cs1. The molecule has 0 bridgehead atoms. The molecule has 0 fully saturated rings. The molecule has 0 aliphatic carbocycles. The van der Waals surface area contributed by atoms with Crippen LogP contribution in [-0.2, 0) is 4.74 Å². The minimum absolute atomic E-state index is 0.341.